The van der Waals surface area contributed by atoms with Crippen molar-refractivity contribution in [2.75, 3.05) is 6.54 Å². The van der Waals surface area contributed by atoms with Gasteiger partial charge in [-0.05, 0) is 54.3 Å². The molecule has 0 saturated carbocycles. The van der Waals surface area contributed by atoms with E-state index in [9.17, 15) is 9.90 Å². The summed E-state index contributed by atoms with van der Waals surface area (Å²) in [5, 5.41) is 9.83. The van der Waals surface area contributed by atoms with E-state index in [1.165, 1.54) is 0 Å². The number of benzene rings is 2. The number of nitrogens with zero attached hydrogens (tertiary/aromatic N) is 2. The molecule has 0 bridgehead atoms. The Morgan fingerprint density at radius 2 is 1.90 bits per heavy atom. The number of carbonyl (C=O) groups is 1. The van der Waals surface area contributed by atoms with Gasteiger partial charge in [0, 0.05) is 12.4 Å². The third-order valence-corrected chi connectivity index (χ3v) is 5.58. The Balaban J connectivity index is 1.64. The average Bonchev–Trinajstić information content (AvgIpc) is 2.80. The summed E-state index contributed by atoms with van der Waals surface area (Å²) in [6, 6.07) is 21.3. The SMILES string of the molecule is O=C(O)C1CCCCN1C(c1cccnc1)c1cccc(OCc2ccccc2)c1. The molecule has 1 fully saturated rings. The summed E-state index contributed by atoms with van der Waals surface area (Å²) in [5.74, 6) is 0.00852. The van der Waals surface area contributed by atoms with Gasteiger partial charge in [-0.2, -0.15) is 0 Å². The van der Waals surface area contributed by atoms with E-state index in [1.54, 1.807) is 6.20 Å². The fourth-order valence-electron chi connectivity index (χ4n) is 4.16. The normalized spacial score (nSPS) is 17.9. The summed E-state index contributed by atoms with van der Waals surface area (Å²) < 4.78 is 6.03. The second-order valence-electron chi connectivity index (χ2n) is 7.62. The van der Waals surface area contributed by atoms with Gasteiger partial charge in [0.05, 0.1) is 6.04 Å². The molecule has 2 aromatic carbocycles. The van der Waals surface area contributed by atoms with Gasteiger partial charge in [0.2, 0.25) is 0 Å². The molecule has 1 aliphatic heterocycles. The highest BCUT2D eigenvalue weighted by Crippen LogP contribution is 2.35. The van der Waals surface area contributed by atoms with E-state index in [0.29, 0.717) is 13.0 Å². The van der Waals surface area contributed by atoms with Crippen molar-refractivity contribution in [3.8, 4) is 5.75 Å². The predicted octanol–water partition coefficient (Wildman–Crippen LogP) is 4.69. The van der Waals surface area contributed by atoms with E-state index in [0.717, 1.165) is 41.8 Å². The topological polar surface area (TPSA) is 62.7 Å². The second-order valence-corrected chi connectivity index (χ2v) is 7.62. The lowest BCUT2D eigenvalue weighted by Crippen LogP contribution is -2.46. The van der Waals surface area contributed by atoms with Gasteiger partial charge in [-0.1, -0.05) is 55.0 Å². The Labute approximate surface area is 177 Å². The molecular weight excluding hydrogens is 376 g/mol. The highest BCUT2D eigenvalue weighted by molar-refractivity contribution is 5.73. The first-order valence-electron chi connectivity index (χ1n) is 10.4. The summed E-state index contributed by atoms with van der Waals surface area (Å²) in [5.41, 5.74) is 3.11. The average molecular weight is 402 g/mol. The van der Waals surface area contributed by atoms with Gasteiger partial charge >= 0.3 is 5.97 Å². The van der Waals surface area contributed by atoms with Crippen molar-refractivity contribution in [3.05, 3.63) is 95.8 Å². The number of carboxylic acids is 1. The van der Waals surface area contributed by atoms with Gasteiger partial charge in [0.25, 0.3) is 0 Å². The lowest BCUT2D eigenvalue weighted by atomic mass is 9.92. The van der Waals surface area contributed by atoms with Crippen LogP contribution in [-0.4, -0.2) is 33.5 Å². The molecule has 0 amide bonds. The number of ether oxygens (including phenoxy) is 1. The van der Waals surface area contributed by atoms with Crippen LogP contribution >= 0.6 is 0 Å². The van der Waals surface area contributed by atoms with Crippen LogP contribution in [0.25, 0.3) is 0 Å². The first-order valence-corrected chi connectivity index (χ1v) is 10.4. The first kappa shape index (κ1) is 20.1. The van der Waals surface area contributed by atoms with E-state index >= 15 is 0 Å². The lowest BCUT2D eigenvalue weighted by molar-refractivity contribution is -0.145. The molecule has 154 valence electrons. The molecule has 1 aliphatic rings. The van der Waals surface area contributed by atoms with Crippen molar-refractivity contribution in [1.82, 2.24) is 9.88 Å². The van der Waals surface area contributed by atoms with Crippen LogP contribution in [0.1, 0.15) is 42.0 Å². The summed E-state index contributed by atoms with van der Waals surface area (Å²) in [6.45, 7) is 1.23. The number of aromatic nitrogens is 1. The van der Waals surface area contributed by atoms with Crippen LogP contribution < -0.4 is 4.74 Å². The molecule has 0 aliphatic carbocycles. The quantitative estimate of drug-likeness (QED) is 0.621. The molecule has 0 spiro atoms. The number of hydrogen-bond acceptors (Lipinski definition) is 4. The van der Waals surface area contributed by atoms with Crippen LogP contribution in [0.3, 0.4) is 0 Å². The van der Waals surface area contributed by atoms with Crippen molar-refractivity contribution >= 4 is 5.97 Å². The number of carboxylic acid groups (broad SMARTS) is 1. The minimum Gasteiger partial charge on any atom is -0.489 e. The number of rotatable bonds is 7. The van der Waals surface area contributed by atoms with Crippen LogP contribution in [0.2, 0.25) is 0 Å². The largest absolute Gasteiger partial charge is 0.489 e. The van der Waals surface area contributed by atoms with E-state index in [1.807, 2.05) is 72.9 Å². The van der Waals surface area contributed by atoms with Crippen molar-refractivity contribution in [2.24, 2.45) is 0 Å². The minimum atomic E-state index is -0.764. The van der Waals surface area contributed by atoms with Crippen LogP contribution in [0, 0.1) is 0 Å². The Kier molecular flexibility index (Phi) is 6.40. The summed E-state index contributed by atoms with van der Waals surface area (Å²) in [6.07, 6.45) is 6.16. The Morgan fingerprint density at radius 3 is 2.67 bits per heavy atom. The summed E-state index contributed by atoms with van der Waals surface area (Å²) in [7, 11) is 0. The lowest BCUT2D eigenvalue weighted by Gasteiger charge is -2.39. The molecular formula is C25H26N2O3. The van der Waals surface area contributed by atoms with Gasteiger partial charge < -0.3 is 9.84 Å². The zero-order valence-corrected chi connectivity index (χ0v) is 16.9. The molecule has 5 nitrogen and oxygen atoms in total. The second kappa shape index (κ2) is 9.55. The molecule has 1 N–H and O–H groups in total. The molecule has 2 heterocycles. The molecule has 4 rings (SSSR count). The number of piperidine rings is 1. The maximum Gasteiger partial charge on any atom is 0.320 e. The van der Waals surface area contributed by atoms with Crippen molar-refractivity contribution in [2.45, 2.75) is 38.0 Å². The van der Waals surface area contributed by atoms with E-state index < -0.39 is 12.0 Å². The predicted molar refractivity (Wildman–Crippen MR) is 115 cm³/mol. The third-order valence-electron chi connectivity index (χ3n) is 5.58. The maximum absolute atomic E-state index is 12.0. The smallest absolute Gasteiger partial charge is 0.320 e. The van der Waals surface area contributed by atoms with Crippen molar-refractivity contribution in [1.29, 1.82) is 0 Å². The van der Waals surface area contributed by atoms with Gasteiger partial charge in [-0.15, -0.1) is 0 Å². The molecule has 2 unspecified atom stereocenters. The Bertz CT molecular complexity index is 962. The first-order chi connectivity index (χ1) is 14.7. The van der Waals surface area contributed by atoms with Crippen LogP contribution in [-0.2, 0) is 11.4 Å². The number of pyridine rings is 1. The van der Waals surface area contributed by atoms with Gasteiger partial charge in [-0.25, -0.2) is 0 Å². The molecule has 5 heteroatoms. The van der Waals surface area contributed by atoms with Gasteiger partial charge in [0.15, 0.2) is 0 Å². The zero-order chi connectivity index (χ0) is 20.8. The standard InChI is InChI=1S/C25H26N2O3/c28-25(29)23-13-4-5-15-27(23)24(21-11-7-14-26-17-21)20-10-6-12-22(16-20)30-18-19-8-2-1-3-9-19/h1-3,6-12,14,16-17,23-24H,4-5,13,15,18H2,(H,28,29). The van der Waals surface area contributed by atoms with E-state index in [4.69, 9.17) is 4.74 Å². The van der Waals surface area contributed by atoms with Crippen LogP contribution in [0.4, 0.5) is 0 Å². The fraction of sp³-hybridized carbons (Fsp3) is 0.280. The Morgan fingerprint density at radius 1 is 1.07 bits per heavy atom. The molecule has 1 saturated heterocycles. The summed E-state index contributed by atoms with van der Waals surface area (Å²) >= 11 is 0. The highest BCUT2D eigenvalue weighted by atomic mass is 16.5. The van der Waals surface area contributed by atoms with Crippen LogP contribution in [0.15, 0.2) is 79.1 Å². The molecule has 3 aromatic rings. The third kappa shape index (κ3) is 4.69. The molecule has 2 atom stereocenters. The van der Waals surface area contributed by atoms with Crippen molar-refractivity contribution < 1.29 is 14.6 Å². The number of likely N-dealkylation sites (tertiary alicyclic amines) is 1. The maximum atomic E-state index is 12.0. The zero-order valence-electron chi connectivity index (χ0n) is 16.9. The fourth-order valence-corrected chi connectivity index (χ4v) is 4.16. The molecule has 1 aromatic heterocycles. The van der Waals surface area contributed by atoms with E-state index in [2.05, 4.69) is 9.88 Å². The van der Waals surface area contributed by atoms with E-state index in [-0.39, 0.29) is 6.04 Å². The van der Waals surface area contributed by atoms with Crippen molar-refractivity contribution in [3.63, 3.8) is 0 Å². The van der Waals surface area contributed by atoms with Gasteiger partial charge in [-0.3, -0.25) is 14.7 Å². The highest BCUT2D eigenvalue weighted by Gasteiger charge is 2.35. The molecule has 0 radical (unpaired) electrons. The molecule has 30 heavy (non-hydrogen) atoms. The number of hydrogen-bond donors (Lipinski definition) is 1. The van der Waals surface area contributed by atoms with Gasteiger partial charge in [0.1, 0.15) is 18.4 Å². The minimum absolute atomic E-state index is 0.180. The number of aliphatic carboxylic acids is 1. The Hall–Kier alpha value is -3.18. The monoisotopic (exact) mass is 402 g/mol. The summed E-state index contributed by atoms with van der Waals surface area (Å²) in [4.78, 5) is 18.4. The van der Waals surface area contributed by atoms with Crippen LogP contribution in [0.5, 0.6) is 5.75 Å².